The van der Waals surface area contributed by atoms with Crippen molar-refractivity contribution in [3.8, 4) is 0 Å². The predicted octanol–water partition coefficient (Wildman–Crippen LogP) is 2.73. The Morgan fingerprint density at radius 2 is 1.78 bits per heavy atom. The molecule has 1 aromatic rings. The SMILES string of the molecule is CNC(=O)c1cc(S(=O)(=O)NC)ccc1NCC1CCC(C(F)(F)F)CC1. The molecule has 0 aromatic heterocycles. The van der Waals surface area contributed by atoms with Gasteiger partial charge in [-0.2, -0.15) is 13.2 Å². The van der Waals surface area contributed by atoms with Crippen LogP contribution in [0.25, 0.3) is 0 Å². The summed E-state index contributed by atoms with van der Waals surface area (Å²) in [5.41, 5.74) is 0.611. The topological polar surface area (TPSA) is 87.3 Å². The largest absolute Gasteiger partial charge is 0.391 e. The Bertz CT molecular complexity index is 773. The van der Waals surface area contributed by atoms with Crippen LogP contribution in [-0.2, 0) is 10.0 Å². The lowest BCUT2D eigenvalue weighted by Crippen LogP contribution is -2.30. The molecule has 0 saturated heterocycles. The Morgan fingerprint density at radius 3 is 2.30 bits per heavy atom. The number of hydrogen-bond acceptors (Lipinski definition) is 4. The highest BCUT2D eigenvalue weighted by atomic mass is 32.2. The van der Waals surface area contributed by atoms with Crippen LogP contribution >= 0.6 is 0 Å². The molecule has 10 heteroatoms. The van der Waals surface area contributed by atoms with E-state index in [1.165, 1.54) is 32.3 Å². The minimum Gasteiger partial charge on any atom is -0.384 e. The zero-order valence-electron chi connectivity index (χ0n) is 15.2. The van der Waals surface area contributed by atoms with Crippen LogP contribution in [0.3, 0.4) is 0 Å². The summed E-state index contributed by atoms with van der Waals surface area (Å²) in [7, 11) is -0.989. The summed E-state index contributed by atoms with van der Waals surface area (Å²) in [4.78, 5) is 12.1. The van der Waals surface area contributed by atoms with Crippen molar-refractivity contribution < 1.29 is 26.4 Å². The van der Waals surface area contributed by atoms with Crippen LogP contribution in [0, 0.1) is 11.8 Å². The summed E-state index contributed by atoms with van der Waals surface area (Å²) in [5, 5.41) is 5.55. The molecule has 0 aliphatic heterocycles. The monoisotopic (exact) mass is 407 g/mol. The van der Waals surface area contributed by atoms with E-state index in [-0.39, 0.29) is 29.2 Å². The van der Waals surface area contributed by atoms with Crippen molar-refractivity contribution >= 4 is 21.6 Å². The molecule has 27 heavy (non-hydrogen) atoms. The first kappa shape index (κ1) is 21.5. The molecule has 1 aliphatic rings. The number of rotatable bonds is 6. The third kappa shape index (κ3) is 5.35. The lowest BCUT2D eigenvalue weighted by atomic mass is 9.81. The van der Waals surface area contributed by atoms with Crippen molar-refractivity contribution in [2.24, 2.45) is 11.8 Å². The van der Waals surface area contributed by atoms with Crippen LogP contribution in [-0.4, -0.2) is 41.1 Å². The number of carbonyl (C=O) groups is 1. The second kappa shape index (κ2) is 8.47. The van der Waals surface area contributed by atoms with Gasteiger partial charge in [0.2, 0.25) is 10.0 Å². The van der Waals surface area contributed by atoms with E-state index in [1.807, 2.05) is 0 Å². The van der Waals surface area contributed by atoms with Crippen LogP contribution < -0.4 is 15.4 Å². The quantitative estimate of drug-likeness (QED) is 0.677. The molecule has 6 nitrogen and oxygen atoms in total. The summed E-state index contributed by atoms with van der Waals surface area (Å²) >= 11 is 0. The van der Waals surface area contributed by atoms with E-state index in [2.05, 4.69) is 15.4 Å². The highest BCUT2D eigenvalue weighted by molar-refractivity contribution is 7.89. The fourth-order valence-electron chi connectivity index (χ4n) is 3.23. The third-order valence-electron chi connectivity index (χ3n) is 4.93. The second-order valence-corrected chi connectivity index (χ2v) is 8.52. The van der Waals surface area contributed by atoms with Crippen molar-refractivity contribution in [1.29, 1.82) is 0 Å². The van der Waals surface area contributed by atoms with Crippen LogP contribution in [0.4, 0.5) is 18.9 Å². The molecule has 1 aliphatic carbocycles. The lowest BCUT2D eigenvalue weighted by molar-refractivity contribution is -0.183. The Labute approximate surface area is 157 Å². The number of carbonyl (C=O) groups excluding carboxylic acids is 1. The lowest BCUT2D eigenvalue weighted by Gasteiger charge is -2.30. The number of alkyl halides is 3. The molecule has 0 radical (unpaired) electrons. The van der Waals surface area contributed by atoms with E-state index in [4.69, 9.17) is 0 Å². The molecule has 0 spiro atoms. The minimum atomic E-state index is -4.14. The summed E-state index contributed by atoms with van der Waals surface area (Å²) in [6.07, 6.45) is -3.01. The molecule has 152 valence electrons. The van der Waals surface area contributed by atoms with Gasteiger partial charge in [-0.1, -0.05) is 0 Å². The first-order valence-electron chi connectivity index (χ1n) is 8.68. The summed E-state index contributed by atoms with van der Waals surface area (Å²) in [5.74, 6) is -1.62. The van der Waals surface area contributed by atoms with Crippen molar-refractivity contribution in [2.45, 2.75) is 36.8 Å². The van der Waals surface area contributed by atoms with Gasteiger partial charge >= 0.3 is 6.18 Å². The highest BCUT2D eigenvalue weighted by Gasteiger charge is 2.41. The smallest absolute Gasteiger partial charge is 0.384 e. The van der Waals surface area contributed by atoms with Gasteiger partial charge in [-0.15, -0.1) is 0 Å². The molecular formula is C17H24F3N3O3S. The molecule has 1 fully saturated rings. The van der Waals surface area contributed by atoms with Crippen LogP contribution in [0.1, 0.15) is 36.0 Å². The Kier molecular flexibility index (Phi) is 6.74. The Balaban J connectivity index is 2.09. The number of halogens is 3. The number of benzene rings is 1. The molecule has 0 heterocycles. The fraction of sp³-hybridized carbons (Fsp3) is 0.588. The maximum Gasteiger partial charge on any atom is 0.391 e. The summed E-state index contributed by atoms with van der Waals surface area (Å²) in [6.45, 7) is 0.423. The Morgan fingerprint density at radius 1 is 1.15 bits per heavy atom. The van der Waals surface area contributed by atoms with Crippen molar-refractivity contribution in [3.63, 3.8) is 0 Å². The molecule has 1 aromatic carbocycles. The minimum absolute atomic E-state index is 0.0418. The molecule has 1 amide bonds. The number of nitrogens with one attached hydrogen (secondary N) is 3. The first-order chi connectivity index (χ1) is 12.6. The maximum atomic E-state index is 12.7. The van der Waals surface area contributed by atoms with Crippen molar-refractivity contribution in [1.82, 2.24) is 10.0 Å². The molecule has 0 unspecified atom stereocenters. The van der Waals surface area contributed by atoms with Gasteiger partial charge in [-0.3, -0.25) is 4.79 Å². The normalized spacial score (nSPS) is 20.9. The van der Waals surface area contributed by atoms with E-state index < -0.39 is 28.0 Å². The van der Waals surface area contributed by atoms with Gasteiger partial charge < -0.3 is 10.6 Å². The zero-order valence-corrected chi connectivity index (χ0v) is 16.0. The van der Waals surface area contributed by atoms with E-state index in [0.29, 0.717) is 25.1 Å². The predicted molar refractivity (Wildman–Crippen MR) is 96.1 cm³/mol. The van der Waals surface area contributed by atoms with E-state index >= 15 is 0 Å². The summed E-state index contributed by atoms with van der Waals surface area (Å²) in [6, 6.07) is 4.14. The van der Waals surface area contributed by atoms with Crippen LogP contribution in [0.2, 0.25) is 0 Å². The second-order valence-electron chi connectivity index (χ2n) is 6.63. The van der Waals surface area contributed by atoms with Gasteiger partial charge in [0.25, 0.3) is 5.91 Å². The Hall–Kier alpha value is -1.81. The van der Waals surface area contributed by atoms with E-state index in [9.17, 15) is 26.4 Å². The molecular weight excluding hydrogens is 383 g/mol. The van der Waals surface area contributed by atoms with Gasteiger partial charge in [0.15, 0.2) is 0 Å². The zero-order chi connectivity index (χ0) is 20.2. The highest BCUT2D eigenvalue weighted by Crippen LogP contribution is 2.39. The van der Waals surface area contributed by atoms with E-state index in [0.717, 1.165) is 0 Å². The van der Waals surface area contributed by atoms with Gasteiger partial charge in [-0.05, 0) is 56.8 Å². The van der Waals surface area contributed by atoms with Gasteiger partial charge in [0.05, 0.1) is 16.4 Å². The molecule has 1 saturated carbocycles. The molecule has 0 bridgehead atoms. The van der Waals surface area contributed by atoms with Gasteiger partial charge in [-0.25, -0.2) is 13.1 Å². The number of hydrogen-bond donors (Lipinski definition) is 3. The molecule has 2 rings (SSSR count). The van der Waals surface area contributed by atoms with Crippen LogP contribution in [0.15, 0.2) is 23.1 Å². The number of sulfonamides is 1. The van der Waals surface area contributed by atoms with Crippen molar-refractivity contribution in [3.05, 3.63) is 23.8 Å². The maximum absolute atomic E-state index is 12.7. The first-order valence-corrected chi connectivity index (χ1v) is 10.2. The standard InChI is InChI=1S/C17H24F3N3O3S/c1-21-16(24)14-9-13(27(25,26)22-2)7-8-15(14)23-10-11-3-5-12(6-4-11)17(18,19)20/h7-9,11-12,22-23H,3-6,10H2,1-2H3,(H,21,24). The number of anilines is 1. The van der Waals surface area contributed by atoms with Crippen molar-refractivity contribution in [2.75, 3.05) is 26.0 Å². The number of amides is 1. The molecule has 3 N–H and O–H groups in total. The third-order valence-corrected chi connectivity index (χ3v) is 6.34. The average molecular weight is 407 g/mol. The average Bonchev–Trinajstić information content (AvgIpc) is 2.65. The van der Waals surface area contributed by atoms with Crippen LogP contribution in [0.5, 0.6) is 0 Å². The van der Waals surface area contributed by atoms with Gasteiger partial charge in [0, 0.05) is 19.3 Å². The fourth-order valence-corrected chi connectivity index (χ4v) is 3.99. The molecule has 0 atom stereocenters. The summed E-state index contributed by atoms with van der Waals surface area (Å²) < 4.78 is 64.3. The van der Waals surface area contributed by atoms with Gasteiger partial charge in [0.1, 0.15) is 0 Å². The van der Waals surface area contributed by atoms with E-state index in [1.54, 1.807) is 0 Å².